The highest BCUT2D eigenvalue weighted by Gasteiger charge is 2.12. The summed E-state index contributed by atoms with van der Waals surface area (Å²) in [6, 6.07) is 11.3. The van der Waals surface area contributed by atoms with E-state index >= 15 is 0 Å². The zero-order valence-corrected chi connectivity index (χ0v) is 12.7. The Bertz CT molecular complexity index is 680. The number of para-hydroxylation sites is 1. The molecule has 0 spiro atoms. The molecule has 0 unspecified atom stereocenters. The molecule has 2 rings (SSSR count). The Morgan fingerprint density at radius 2 is 1.86 bits per heavy atom. The number of hydrogen-bond acceptors (Lipinski definition) is 5. The Balaban J connectivity index is 2.30. The fourth-order valence-electron chi connectivity index (χ4n) is 1.88. The third-order valence-corrected chi connectivity index (χ3v) is 2.65. The van der Waals surface area contributed by atoms with Crippen molar-refractivity contribution in [2.75, 3.05) is 10.6 Å². The number of aryl methyl sites for hydroxylation is 1. The minimum atomic E-state index is -0.0807. The van der Waals surface area contributed by atoms with E-state index in [4.69, 9.17) is 5.26 Å². The van der Waals surface area contributed by atoms with Gasteiger partial charge in [-0.05, 0) is 39.8 Å². The summed E-state index contributed by atoms with van der Waals surface area (Å²) in [7, 11) is 0. The minimum absolute atomic E-state index is 0.0807. The molecule has 1 heterocycles. The van der Waals surface area contributed by atoms with Crippen LogP contribution < -0.4 is 10.6 Å². The Labute approximate surface area is 125 Å². The van der Waals surface area contributed by atoms with Gasteiger partial charge in [0.25, 0.3) is 0 Å². The summed E-state index contributed by atoms with van der Waals surface area (Å²) < 4.78 is 0. The van der Waals surface area contributed by atoms with Crippen molar-refractivity contribution < 1.29 is 0 Å². The number of aromatic nitrogens is 2. The van der Waals surface area contributed by atoms with Gasteiger partial charge in [0, 0.05) is 17.3 Å². The average molecular weight is 281 g/mol. The van der Waals surface area contributed by atoms with E-state index in [0.717, 1.165) is 11.5 Å². The van der Waals surface area contributed by atoms with Crippen LogP contribution in [0.2, 0.25) is 0 Å². The summed E-state index contributed by atoms with van der Waals surface area (Å²) in [5, 5.41) is 15.5. The summed E-state index contributed by atoms with van der Waals surface area (Å²) >= 11 is 0. The number of hydrogen-bond donors (Lipinski definition) is 2. The first kappa shape index (κ1) is 14.8. The van der Waals surface area contributed by atoms with Gasteiger partial charge in [0.05, 0.1) is 11.3 Å². The molecule has 5 nitrogen and oxygen atoms in total. The van der Waals surface area contributed by atoms with Crippen molar-refractivity contribution in [3.05, 3.63) is 41.6 Å². The SMILES string of the molecule is Cc1cc(NC(C)(C)C)nc(Nc2ccccc2C#N)n1. The predicted octanol–water partition coefficient (Wildman–Crippen LogP) is 3.61. The molecule has 0 aliphatic carbocycles. The lowest BCUT2D eigenvalue weighted by molar-refractivity contribution is 0.630. The molecule has 108 valence electrons. The second-order valence-corrected chi connectivity index (χ2v) is 5.88. The van der Waals surface area contributed by atoms with Gasteiger partial charge in [0.2, 0.25) is 5.95 Å². The van der Waals surface area contributed by atoms with E-state index in [9.17, 15) is 0 Å². The van der Waals surface area contributed by atoms with E-state index in [2.05, 4.69) is 47.4 Å². The second-order valence-electron chi connectivity index (χ2n) is 5.88. The maximum absolute atomic E-state index is 9.12. The Morgan fingerprint density at radius 1 is 1.14 bits per heavy atom. The maximum Gasteiger partial charge on any atom is 0.229 e. The smallest absolute Gasteiger partial charge is 0.229 e. The molecule has 0 saturated carbocycles. The van der Waals surface area contributed by atoms with Gasteiger partial charge in [-0.25, -0.2) is 4.98 Å². The predicted molar refractivity (Wildman–Crippen MR) is 84.6 cm³/mol. The van der Waals surface area contributed by atoms with E-state index in [1.54, 1.807) is 6.07 Å². The fourth-order valence-corrected chi connectivity index (χ4v) is 1.88. The summed E-state index contributed by atoms with van der Waals surface area (Å²) in [5.74, 6) is 1.23. The van der Waals surface area contributed by atoms with E-state index in [-0.39, 0.29) is 5.54 Å². The zero-order valence-electron chi connectivity index (χ0n) is 12.7. The molecule has 2 N–H and O–H groups in total. The number of nitrogens with one attached hydrogen (secondary N) is 2. The molecular formula is C16H19N5. The van der Waals surface area contributed by atoms with Crippen LogP contribution >= 0.6 is 0 Å². The molecule has 0 atom stereocenters. The molecule has 0 aliphatic heterocycles. The van der Waals surface area contributed by atoms with Crippen LogP contribution in [0.15, 0.2) is 30.3 Å². The van der Waals surface area contributed by atoms with Crippen molar-refractivity contribution in [1.82, 2.24) is 9.97 Å². The summed E-state index contributed by atoms with van der Waals surface area (Å²) in [4.78, 5) is 8.81. The Kier molecular flexibility index (Phi) is 4.08. The van der Waals surface area contributed by atoms with Crippen LogP contribution in [0.5, 0.6) is 0 Å². The molecular weight excluding hydrogens is 262 g/mol. The molecule has 5 heteroatoms. The van der Waals surface area contributed by atoms with Gasteiger partial charge in [-0.1, -0.05) is 12.1 Å². The van der Waals surface area contributed by atoms with Gasteiger partial charge in [-0.15, -0.1) is 0 Å². The lowest BCUT2D eigenvalue weighted by Gasteiger charge is -2.21. The van der Waals surface area contributed by atoms with Crippen molar-refractivity contribution in [1.29, 1.82) is 5.26 Å². The van der Waals surface area contributed by atoms with Crippen LogP contribution in [0.3, 0.4) is 0 Å². The van der Waals surface area contributed by atoms with Gasteiger partial charge >= 0.3 is 0 Å². The number of nitriles is 1. The number of rotatable bonds is 3. The van der Waals surface area contributed by atoms with Gasteiger partial charge in [0.1, 0.15) is 11.9 Å². The Hall–Kier alpha value is -2.61. The molecule has 1 aromatic heterocycles. The van der Waals surface area contributed by atoms with Gasteiger partial charge in [0.15, 0.2) is 0 Å². The van der Waals surface area contributed by atoms with Crippen LogP contribution in [0.25, 0.3) is 0 Å². The molecule has 1 aromatic carbocycles. The van der Waals surface area contributed by atoms with Crippen molar-refractivity contribution in [3.8, 4) is 6.07 Å². The monoisotopic (exact) mass is 281 g/mol. The van der Waals surface area contributed by atoms with Crippen LogP contribution in [-0.2, 0) is 0 Å². The second kappa shape index (κ2) is 5.80. The number of anilines is 3. The van der Waals surface area contributed by atoms with E-state index in [1.165, 1.54) is 0 Å². The topological polar surface area (TPSA) is 73.6 Å². The highest BCUT2D eigenvalue weighted by molar-refractivity contribution is 5.63. The Morgan fingerprint density at radius 3 is 2.52 bits per heavy atom. The van der Waals surface area contributed by atoms with Gasteiger partial charge in [-0.2, -0.15) is 10.2 Å². The highest BCUT2D eigenvalue weighted by Crippen LogP contribution is 2.20. The first-order chi connectivity index (χ1) is 9.87. The van der Waals surface area contributed by atoms with Crippen molar-refractivity contribution >= 4 is 17.5 Å². The molecule has 0 saturated heterocycles. The molecule has 0 aliphatic rings. The summed E-state index contributed by atoms with van der Waals surface area (Å²) in [5.41, 5.74) is 2.04. The maximum atomic E-state index is 9.12. The zero-order chi connectivity index (χ0) is 15.5. The minimum Gasteiger partial charge on any atom is -0.365 e. The van der Waals surface area contributed by atoms with Gasteiger partial charge in [-0.3, -0.25) is 0 Å². The highest BCUT2D eigenvalue weighted by atomic mass is 15.2. The van der Waals surface area contributed by atoms with E-state index in [0.29, 0.717) is 17.2 Å². The summed E-state index contributed by atoms with van der Waals surface area (Å²) in [6.45, 7) is 8.13. The third-order valence-electron chi connectivity index (χ3n) is 2.65. The first-order valence-electron chi connectivity index (χ1n) is 6.77. The molecule has 0 bridgehead atoms. The normalized spacial score (nSPS) is 10.8. The van der Waals surface area contributed by atoms with Crippen LogP contribution in [0.4, 0.5) is 17.5 Å². The van der Waals surface area contributed by atoms with E-state index in [1.807, 2.05) is 31.2 Å². The summed E-state index contributed by atoms with van der Waals surface area (Å²) in [6.07, 6.45) is 0. The van der Waals surface area contributed by atoms with Crippen LogP contribution in [0, 0.1) is 18.3 Å². The third kappa shape index (κ3) is 4.18. The lowest BCUT2D eigenvalue weighted by atomic mass is 10.1. The number of benzene rings is 1. The quantitative estimate of drug-likeness (QED) is 0.899. The van der Waals surface area contributed by atoms with Crippen molar-refractivity contribution in [3.63, 3.8) is 0 Å². The molecule has 0 radical (unpaired) electrons. The van der Waals surface area contributed by atoms with Crippen LogP contribution in [-0.4, -0.2) is 15.5 Å². The van der Waals surface area contributed by atoms with Crippen LogP contribution in [0.1, 0.15) is 32.0 Å². The largest absolute Gasteiger partial charge is 0.365 e. The molecule has 21 heavy (non-hydrogen) atoms. The standard InChI is InChI=1S/C16H19N5/c1-11-9-14(21-16(2,3)4)20-15(18-11)19-13-8-6-5-7-12(13)10-17/h5-9H,1-4H3,(H2,18,19,20,21). The van der Waals surface area contributed by atoms with Gasteiger partial charge < -0.3 is 10.6 Å². The average Bonchev–Trinajstić information content (AvgIpc) is 2.36. The molecule has 0 fully saturated rings. The molecule has 0 amide bonds. The van der Waals surface area contributed by atoms with Crippen molar-refractivity contribution in [2.24, 2.45) is 0 Å². The first-order valence-corrected chi connectivity index (χ1v) is 6.77. The lowest BCUT2D eigenvalue weighted by Crippen LogP contribution is -2.27. The number of nitrogens with zero attached hydrogens (tertiary/aromatic N) is 3. The van der Waals surface area contributed by atoms with E-state index < -0.39 is 0 Å². The molecule has 2 aromatic rings. The fraction of sp³-hybridized carbons (Fsp3) is 0.312. The van der Waals surface area contributed by atoms with Crippen molar-refractivity contribution in [2.45, 2.75) is 33.2 Å².